The zero-order valence-electron chi connectivity index (χ0n) is 15.3. The van der Waals surface area contributed by atoms with Crippen LogP contribution < -0.4 is 4.72 Å². The SMILES string of the molecule is O=C(c1ccccc1)c1cc(NS(=O)(=O)c2ccccc2)c2c(Cl)cc(Cl)cc2n1. The van der Waals surface area contributed by atoms with Gasteiger partial charge < -0.3 is 0 Å². The second kappa shape index (κ2) is 8.07. The summed E-state index contributed by atoms with van der Waals surface area (Å²) in [4.78, 5) is 17.4. The van der Waals surface area contributed by atoms with Gasteiger partial charge in [-0.1, -0.05) is 71.7 Å². The average molecular weight is 457 g/mol. The summed E-state index contributed by atoms with van der Waals surface area (Å²) in [7, 11) is -3.92. The molecule has 0 bridgehead atoms. The van der Waals surface area contributed by atoms with Crippen molar-refractivity contribution in [1.82, 2.24) is 4.98 Å². The summed E-state index contributed by atoms with van der Waals surface area (Å²) >= 11 is 12.5. The summed E-state index contributed by atoms with van der Waals surface area (Å²) in [5, 5.41) is 0.890. The number of benzene rings is 3. The minimum absolute atomic E-state index is 0.0674. The van der Waals surface area contributed by atoms with Crippen molar-refractivity contribution in [3.8, 4) is 0 Å². The van der Waals surface area contributed by atoms with Gasteiger partial charge in [-0.2, -0.15) is 0 Å². The second-order valence-corrected chi connectivity index (χ2v) is 8.98. The van der Waals surface area contributed by atoms with Crippen LogP contribution in [0.1, 0.15) is 16.1 Å². The molecule has 0 unspecified atom stereocenters. The number of fused-ring (bicyclic) bond motifs is 1. The summed E-state index contributed by atoms with van der Waals surface area (Å²) in [5.74, 6) is -0.353. The molecule has 1 aromatic heterocycles. The van der Waals surface area contributed by atoms with E-state index in [0.717, 1.165) is 0 Å². The van der Waals surface area contributed by atoms with E-state index in [-0.39, 0.29) is 27.1 Å². The first-order valence-corrected chi connectivity index (χ1v) is 11.1. The van der Waals surface area contributed by atoms with Gasteiger partial charge in [0, 0.05) is 16.0 Å². The van der Waals surface area contributed by atoms with E-state index >= 15 is 0 Å². The third-order valence-corrected chi connectivity index (χ3v) is 6.29. The third-order valence-electron chi connectivity index (χ3n) is 4.39. The number of anilines is 1. The number of aromatic nitrogens is 1. The quantitative estimate of drug-likeness (QED) is 0.398. The van der Waals surface area contributed by atoms with Crippen LogP contribution in [0.4, 0.5) is 5.69 Å². The van der Waals surface area contributed by atoms with Crippen LogP contribution >= 0.6 is 23.2 Å². The number of carbonyl (C=O) groups is 1. The number of nitrogens with zero attached hydrogens (tertiary/aromatic N) is 1. The van der Waals surface area contributed by atoms with Gasteiger partial charge in [-0.05, 0) is 30.3 Å². The van der Waals surface area contributed by atoms with Gasteiger partial charge in [0.2, 0.25) is 5.78 Å². The summed E-state index contributed by atoms with van der Waals surface area (Å²) in [6, 6.07) is 20.9. The lowest BCUT2D eigenvalue weighted by atomic mass is 10.1. The standard InChI is InChI=1S/C22H14Cl2N2O3S/c23-15-11-17(24)21-18(12-15)25-20(22(27)14-7-3-1-4-8-14)13-19(21)26-30(28,29)16-9-5-2-6-10-16/h1-13H,(H,25,26). The first kappa shape index (κ1) is 20.3. The number of ketones is 1. The van der Waals surface area contributed by atoms with Gasteiger partial charge in [-0.25, -0.2) is 13.4 Å². The second-order valence-electron chi connectivity index (χ2n) is 6.45. The molecule has 0 radical (unpaired) electrons. The van der Waals surface area contributed by atoms with E-state index in [1.165, 1.54) is 30.3 Å². The van der Waals surface area contributed by atoms with Crippen LogP contribution in [0.15, 0.2) is 83.8 Å². The fraction of sp³-hybridized carbons (Fsp3) is 0. The highest BCUT2D eigenvalue weighted by molar-refractivity contribution is 7.92. The largest absolute Gasteiger partial charge is 0.287 e. The van der Waals surface area contributed by atoms with Gasteiger partial charge in [0.15, 0.2) is 0 Å². The Bertz CT molecular complexity index is 1360. The molecule has 4 aromatic rings. The van der Waals surface area contributed by atoms with E-state index in [4.69, 9.17) is 23.2 Å². The lowest BCUT2D eigenvalue weighted by Crippen LogP contribution is -2.14. The highest BCUT2D eigenvalue weighted by atomic mass is 35.5. The summed E-state index contributed by atoms with van der Waals surface area (Å²) < 4.78 is 28.3. The molecule has 0 aliphatic heterocycles. The molecule has 0 spiro atoms. The fourth-order valence-corrected chi connectivity index (χ4v) is 4.69. The average Bonchev–Trinajstić information content (AvgIpc) is 2.73. The van der Waals surface area contributed by atoms with E-state index in [2.05, 4.69) is 9.71 Å². The Hall–Kier alpha value is -2.93. The van der Waals surface area contributed by atoms with E-state index in [9.17, 15) is 13.2 Å². The molecule has 1 N–H and O–H groups in total. The minimum Gasteiger partial charge on any atom is -0.287 e. The Labute approximate surface area is 183 Å². The molecule has 0 fully saturated rings. The van der Waals surface area contributed by atoms with Crippen LogP contribution in [0.2, 0.25) is 10.0 Å². The number of sulfonamides is 1. The first-order valence-electron chi connectivity index (χ1n) is 8.82. The summed E-state index contributed by atoms with van der Waals surface area (Å²) in [5.41, 5.74) is 0.942. The van der Waals surface area contributed by atoms with E-state index in [1.807, 2.05) is 0 Å². The highest BCUT2D eigenvalue weighted by Gasteiger charge is 2.20. The summed E-state index contributed by atoms with van der Waals surface area (Å²) in [6.45, 7) is 0. The molecule has 1 heterocycles. The maximum atomic E-state index is 12.9. The van der Waals surface area contributed by atoms with Gasteiger partial charge in [-0.15, -0.1) is 0 Å². The molecule has 0 aliphatic rings. The van der Waals surface area contributed by atoms with Crippen molar-refractivity contribution < 1.29 is 13.2 Å². The van der Waals surface area contributed by atoms with Crippen molar-refractivity contribution in [3.05, 3.63) is 100 Å². The van der Waals surface area contributed by atoms with Crippen LogP contribution in [0.5, 0.6) is 0 Å². The Morgan fingerprint density at radius 2 is 1.50 bits per heavy atom. The zero-order valence-corrected chi connectivity index (χ0v) is 17.7. The first-order chi connectivity index (χ1) is 14.3. The van der Waals surface area contributed by atoms with E-state index in [0.29, 0.717) is 21.5 Å². The Kier molecular flexibility index (Phi) is 5.47. The smallest absolute Gasteiger partial charge is 0.261 e. The predicted molar refractivity (Wildman–Crippen MR) is 119 cm³/mol. The number of halogens is 2. The van der Waals surface area contributed by atoms with Gasteiger partial charge in [0.05, 0.1) is 21.1 Å². The van der Waals surface area contributed by atoms with Crippen LogP contribution in [0.25, 0.3) is 10.9 Å². The monoisotopic (exact) mass is 456 g/mol. The van der Waals surface area contributed by atoms with E-state index < -0.39 is 10.0 Å². The van der Waals surface area contributed by atoms with Gasteiger partial charge >= 0.3 is 0 Å². The zero-order chi connectivity index (χ0) is 21.3. The maximum absolute atomic E-state index is 12.9. The molecule has 0 amide bonds. The molecule has 0 saturated carbocycles. The number of hydrogen-bond acceptors (Lipinski definition) is 4. The molecular weight excluding hydrogens is 443 g/mol. The van der Waals surface area contributed by atoms with Crippen molar-refractivity contribution >= 4 is 55.6 Å². The number of hydrogen-bond donors (Lipinski definition) is 1. The Balaban J connectivity index is 1.90. The molecule has 4 rings (SSSR count). The molecule has 3 aromatic carbocycles. The summed E-state index contributed by atoms with van der Waals surface area (Å²) in [6.07, 6.45) is 0. The lowest BCUT2D eigenvalue weighted by molar-refractivity contribution is 0.103. The van der Waals surface area contributed by atoms with Gasteiger partial charge in [0.25, 0.3) is 10.0 Å². The molecule has 30 heavy (non-hydrogen) atoms. The topological polar surface area (TPSA) is 76.1 Å². The van der Waals surface area contributed by atoms with Crippen LogP contribution in [0.3, 0.4) is 0 Å². The van der Waals surface area contributed by atoms with Gasteiger partial charge in [0.1, 0.15) is 5.69 Å². The van der Waals surface area contributed by atoms with Crippen molar-refractivity contribution in [1.29, 1.82) is 0 Å². The van der Waals surface area contributed by atoms with Gasteiger partial charge in [-0.3, -0.25) is 9.52 Å². The predicted octanol–water partition coefficient (Wildman–Crippen LogP) is 5.57. The van der Waals surface area contributed by atoms with Crippen LogP contribution in [0, 0.1) is 0 Å². The molecule has 0 saturated heterocycles. The number of nitrogens with one attached hydrogen (secondary N) is 1. The van der Waals surface area contributed by atoms with Crippen molar-refractivity contribution in [2.24, 2.45) is 0 Å². The molecule has 150 valence electrons. The fourth-order valence-electron chi connectivity index (χ4n) is 3.02. The molecule has 0 atom stereocenters. The Morgan fingerprint density at radius 3 is 2.17 bits per heavy atom. The third kappa shape index (κ3) is 4.03. The van der Waals surface area contributed by atoms with Crippen LogP contribution in [-0.4, -0.2) is 19.2 Å². The molecule has 8 heteroatoms. The minimum atomic E-state index is -3.92. The molecule has 0 aliphatic carbocycles. The highest BCUT2D eigenvalue weighted by Crippen LogP contribution is 2.34. The number of rotatable bonds is 5. The Morgan fingerprint density at radius 1 is 0.867 bits per heavy atom. The lowest BCUT2D eigenvalue weighted by Gasteiger charge is -2.14. The number of carbonyl (C=O) groups excluding carboxylic acids is 1. The number of pyridine rings is 1. The maximum Gasteiger partial charge on any atom is 0.261 e. The van der Waals surface area contributed by atoms with Crippen LogP contribution in [-0.2, 0) is 10.0 Å². The van der Waals surface area contributed by atoms with Crippen molar-refractivity contribution in [3.63, 3.8) is 0 Å². The van der Waals surface area contributed by atoms with E-state index in [1.54, 1.807) is 48.5 Å². The van der Waals surface area contributed by atoms with Crippen molar-refractivity contribution in [2.45, 2.75) is 4.90 Å². The molecule has 5 nitrogen and oxygen atoms in total. The normalized spacial score (nSPS) is 11.4. The molecular formula is C22H14Cl2N2O3S. The van der Waals surface area contributed by atoms with Crippen molar-refractivity contribution in [2.75, 3.05) is 4.72 Å².